The minimum absolute atomic E-state index is 0.0857. The van der Waals surface area contributed by atoms with E-state index < -0.39 is 5.82 Å². The van der Waals surface area contributed by atoms with Crippen LogP contribution in [-0.4, -0.2) is 55.1 Å². The first-order valence-corrected chi connectivity index (χ1v) is 11.0. The molecular weight excluding hydrogens is 397 g/mol. The topological polar surface area (TPSA) is 99.7 Å². The molecule has 0 spiro atoms. The summed E-state index contributed by atoms with van der Waals surface area (Å²) in [5.41, 5.74) is 1.18. The van der Waals surface area contributed by atoms with Crippen molar-refractivity contribution < 1.29 is 9.18 Å². The summed E-state index contributed by atoms with van der Waals surface area (Å²) in [6.07, 6.45) is 9.50. The molecule has 1 unspecified atom stereocenters. The zero-order valence-electron chi connectivity index (χ0n) is 17.4. The summed E-state index contributed by atoms with van der Waals surface area (Å²) in [7, 11) is 0. The van der Waals surface area contributed by atoms with Crippen LogP contribution in [0.4, 0.5) is 10.2 Å². The summed E-state index contributed by atoms with van der Waals surface area (Å²) in [5, 5.41) is 11.1. The molecule has 162 valence electrons. The van der Waals surface area contributed by atoms with Crippen LogP contribution < -0.4 is 5.32 Å². The number of aromatic nitrogens is 5. The number of nitrogens with zero attached hydrogens (tertiary/aromatic N) is 5. The van der Waals surface area contributed by atoms with Crippen LogP contribution >= 0.6 is 0 Å². The van der Waals surface area contributed by atoms with E-state index in [-0.39, 0.29) is 17.8 Å². The second-order valence-corrected chi connectivity index (χ2v) is 8.53. The van der Waals surface area contributed by atoms with Crippen LogP contribution in [0.2, 0.25) is 0 Å². The Hall–Kier alpha value is -3.10. The molecule has 2 atom stereocenters. The smallest absolute Gasteiger partial charge is 0.222 e. The van der Waals surface area contributed by atoms with Gasteiger partial charge in [0.25, 0.3) is 0 Å². The molecule has 3 aromatic heterocycles. The lowest BCUT2D eigenvalue weighted by Crippen LogP contribution is -2.33. The lowest BCUT2D eigenvalue weighted by Gasteiger charge is -2.30. The second-order valence-electron chi connectivity index (χ2n) is 8.53. The molecule has 2 aliphatic rings. The van der Waals surface area contributed by atoms with Crippen LogP contribution in [0, 0.1) is 11.7 Å². The largest absolute Gasteiger partial charge is 0.365 e. The molecule has 1 aliphatic heterocycles. The molecule has 1 amide bonds. The molecular formula is C22H26FN7O. The first-order chi connectivity index (χ1) is 15.2. The maximum atomic E-state index is 14.5. The third-order valence-corrected chi connectivity index (χ3v) is 6.34. The van der Waals surface area contributed by atoms with Crippen molar-refractivity contribution in [3.63, 3.8) is 0 Å². The van der Waals surface area contributed by atoms with Crippen molar-refractivity contribution in [1.29, 1.82) is 0 Å². The molecule has 2 fully saturated rings. The van der Waals surface area contributed by atoms with Gasteiger partial charge in [-0.15, -0.1) is 0 Å². The van der Waals surface area contributed by atoms with Crippen LogP contribution in [-0.2, 0) is 4.79 Å². The van der Waals surface area contributed by atoms with Gasteiger partial charge in [-0.05, 0) is 50.2 Å². The number of pyridine rings is 1. The number of fused-ring (bicyclic) bond motifs is 1. The zero-order chi connectivity index (χ0) is 21.2. The number of H-pyrrole nitrogens is 1. The number of likely N-dealkylation sites (tertiary alicyclic amines) is 1. The van der Waals surface area contributed by atoms with E-state index in [4.69, 9.17) is 0 Å². The van der Waals surface area contributed by atoms with Gasteiger partial charge in [0.1, 0.15) is 5.69 Å². The number of amides is 1. The maximum Gasteiger partial charge on any atom is 0.222 e. The van der Waals surface area contributed by atoms with Gasteiger partial charge in [0, 0.05) is 37.1 Å². The van der Waals surface area contributed by atoms with Gasteiger partial charge in [0.05, 0.1) is 6.20 Å². The van der Waals surface area contributed by atoms with Crippen molar-refractivity contribution in [1.82, 2.24) is 30.0 Å². The Morgan fingerprint density at radius 3 is 2.97 bits per heavy atom. The Balaban J connectivity index is 1.29. The fourth-order valence-corrected chi connectivity index (χ4v) is 4.75. The van der Waals surface area contributed by atoms with Crippen LogP contribution in [0.1, 0.15) is 44.9 Å². The Morgan fingerprint density at radius 2 is 2.10 bits per heavy atom. The van der Waals surface area contributed by atoms with Crippen molar-refractivity contribution in [2.45, 2.75) is 51.0 Å². The van der Waals surface area contributed by atoms with Crippen LogP contribution in [0.5, 0.6) is 0 Å². The van der Waals surface area contributed by atoms with Crippen LogP contribution in [0.25, 0.3) is 22.6 Å². The van der Waals surface area contributed by atoms with Gasteiger partial charge in [-0.2, -0.15) is 5.10 Å². The average molecular weight is 423 g/mol. The third-order valence-electron chi connectivity index (χ3n) is 6.34. The fraction of sp³-hybridized carbons (Fsp3) is 0.500. The van der Waals surface area contributed by atoms with Gasteiger partial charge in [-0.25, -0.2) is 19.3 Å². The van der Waals surface area contributed by atoms with Gasteiger partial charge >= 0.3 is 0 Å². The monoisotopic (exact) mass is 423 g/mol. The minimum Gasteiger partial charge on any atom is -0.365 e. The Kier molecular flexibility index (Phi) is 5.48. The molecule has 4 heterocycles. The molecule has 31 heavy (non-hydrogen) atoms. The lowest BCUT2D eigenvalue weighted by atomic mass is 9.83. The summed E-state index contributed by atoms with van der Waals surface area (Å²) in [6, 6.07) is 3.78. The van der Waals surface area contributed by atoms with E-state index in [0.29, 0.717) is 29.5 Å². The number of carbonyl (C=O) groups excluding carboxylic acids is 1. The number of halogens is 1. The Bertz CT molecular complexity index is 1080. The number of carbonyl (C=O) groups is 1. The van der Waals surface area contributed by atoms with Crippen molar-refractivity contribution in [2.75, 3.05) is 18.4 Å². The average Bonchev–Trinajstić information content (AvgIpc) is 3.46. The number of anilines is 1. The number of hydrogen-bond acceptors (Lipinski definition) is 6. The molecule has 1 saturated heterocycles. The molecule has 9 heteroatoms. The van der Waals surface area contributed by atoms with E-state index in [9.17, 15) is 9.18 Å². The summed E-state index contributed by atoms with van der Waals surface area (Å²) < 4.78 is 14.5. The summed E-state index contributed by atoms with van der Waals surface area (Å²) >= 11 is 0. The zero-order valence-corrected chi connectivity index (χ0v) is 17.4. The van der Waals surface area contributed by atoms with Crippen molar-refractivity contribution in [3.8, 4) is 11.5 Å². The van der Waals surface area contributed by atoms with Crippen LogP contribution in [0.15, 0.2) is 24.5 Å². The first kappa shape index (κ1) is 19.8. The van der Waals surface area contributed by atoms with E-state index in [1.807, 2.05) is 17.0 Å². The molecule has 0 radical (unpaired) electrons. The predicted octanol–water partition coefficient (Wildman–Crippen LogP) is 3.54. The number of aromatic amines is 1. The molecule has 0 aromatic carbocycles. The summed E-state index contributed by atoms with van der Waals surface area (Å²) in [5.74, 6) is 0.662. The van der Waals surface area contributed by atoms with Crippen molar-refractivity contribution >= 4 is 22.8 Å². The Labute approximate surface area is 179 Å². The highest BCUT2D eigenvalue weighted by atomic mass is 19.1. The van der Waals surface area contributed by atoms with Gasteiger partial charge in [-0.1, -0.05) is 6.42 Å². The third kappa shape index (κ3) is 4.22. The molecule has 1 saturated carbocycles. The summed E-state index contributed by atoms with van der Waals surface area (Å²) in [6.45, 7) is 1.78. The highest BCUT2D eigenvalue weighted by molar-refractivity contribution is 5.88. The number of hydrogen-bond donors (Lipinski definition) is 2. The van der Waals surface area contributed by atoms with Gasteiger partial charge in [0.15, 0.2) is 23.1 Å². The van der Waals surface area contributed by atoms with Crippen molar-refractivity contribution in [3.05, 3.63) is 30.3 Å². The standard InChI is InChI=1S/C22H26FN7O/c23-17-13-25-22(19-16-7-4-8-24-20(16)29-28-19)27-21(17)26-15-6-3-5-14(11-15)12-18(31)30-9-1-2-10-30/h4,7-8,13-15H,1-3,5-6,9-12H2,(H,24,28,29)(H,25,26,27)/t14-,15?/m1/s1. The molecule has 8 nitrogen and oxygen atoms in total. The van der Waals surface area contributed by atoms with Gasteiger partial charge in [-0.3, -0.25) is 9.89 Å². The maximum absolute atomic E-state index is 14.5. The second kappa shape index (κ2) is 8.56. The number of nitrogens with one attached hydrogen (secondary N) is 2. The molecule has 3 aromatic rings. The SMILES string of the molecule is O=C(C[C@@H]1CCCC(Nc2nc(-c3[nH]nc4ncccc34)ncc2F)C1)N1CCCC1. The predicted molar refractivity (Wildman–Crippen MR) is 115 cm³/mol. The van der Waals surface area contributed by atoms with Gasteiger partial charge in [0.2, 0.25) is 5.91 Å². The van der Waals surface area contributed by atoms with Crippen LogP contribution in [0.3, 0.4) is 0 Å². The van der Waals surface area contributed by atoms with Gasteiger partial charge < -0.3 is 10.2 Å². The van der Waals surface area contributed by atoms with E-state index in [2.05, 4.69) is 30.5 Å². The molecule has 2 N–H and O–H groups in total. The van der Waals surface area contributed by atoms with E-state index >= 15 is 0 Å². The highest BCUT2D eigenvalue weighted by Crippen LogP contribution is 2.31. The van der Waals surface area contributed by atoms with E-state index in [0.717, 1.165) is 57.0 Å². The normalized spacial score (nSPS) is 21.5. The highest BCUT2D eigenvalue weighted by Gasteiger charge is 2.27. The van der Waals surface area contributed by atoms with E-state index in [1.165, 1.54) is 6.20 Å². The number of rotatable bonds is 5. The quantitative estimate of drug-likeness (QED) is 0.651. The van der Waals surface area contributed by atoms with E-state index in [1.54, 1.807) is 6.20 Å². The molecule has 5 rings (SSSR count). The first-order valence-electron chi connectivity index (χ1n) is 11.0. The molecule has 1 aliphatic carbocycles. The van der Waals surface area contributed by atoms with Crippen molar-refractivity contribution in [2.24, 2.45) is 5.92 Å². The lowest BCUT2D eigenvalue weighted by molar-refractivity contribution is -0.131. The minimum atomic E-state index is -0.485. The summed E-state index contributed by atoms with van der Waals surface area (Å²) in [4.78, 5) is 27.3. The fourth-order valence-electron chi connectivity index (χ4n) is 4.75. The molecule has 0 bridgehead atoms. The Morgan fingerprint density at radius 1 is 1.23 bits per heavy atom.